The van der Waals surface area contributed by atoms with Gasteiger partial charge in [-0.1, -0.05) is 12.1 Å². The Kier molecular flexibility index (Phi) is 6.25. The lowest BCUT2D eigenvalue weighted by atomic mass is 9.91. The van der Waals surface area contributed by atoms with Crippen LogP contribution < -0.4 is 10.6 Å². The summed E-state index contributed by atoms with van der Waals surface area (Å²) in [7, 11) is 2.56. The number of amides is 2. The molecule has 1 saturated heterocycles. The normalized spacial score (nSPS) is 16.8. The largest absolute Gasteiger partial charge is 0.471 e. The Balaban J connectivity index is 2.07. The summed E-state index contributed by atoms with van der Waals surface area (Å²) in [6, 6.07) is 6.38. The minimum atomic E-state index is -4.92. The monoisotopic (exact) mass is 373 g/mol. The fraction of sp³-hybridized carbons (Fsp3) is 0.529. The molecule has 0 saturated carbocycles. The van der Waals surface area contributed by atoms with Crippen LogP contribution in [0.3, 0.4) is 0 Å². The summed E-state index contributed by atoms with van der Waals surface area (Å²) in [4.78, 5) is 24.4. The van der Waals surface area contributed by atoms with E-state index in [0.717, 1.165) is 7.05 Å². The zero-order chi connectivity index (χ0) is 19.4. The number of methoxy groups -OCH3 is 1. The summed E-state index contributed by atoms with van der Waals surface area (Å²) >= 11 is 0. The smallest absolute Gasteiger partial charge is 0.368 e. The average Bonchev–Trinajstić information content (AvgIpc) is 2.61. The number of benzene rings is 1. The first-order valence-electron chi connectivity index (χ1n) is 8.16. The van der Waals surface area contributed by atoms with Crippen LogP contribution >= 0.6 is 0 Å². The number of nitrogens with zero attached hydrogens (tertiary/aromatic N) is 1. The highest BCUT2D eigenvalue weighted by Gasteiger charge is 2.41. The lowest BCUT2D eigenvalue weighted by Gasteiger charge is -2.34. The maximum absolute atomic E-state index is 12.6. The minimum absolute atomic E-state index is 0.221. The average molecular weight is 373 g/mol. The van der Waals surface area contributed by atoms with E-state index in [4.69, 9.17) is 4.74 Å². The standard InChI is InChI=1S/C17H22F3N3O3/c1-23(15(25)17(18,19)20)11-12-4-3-5-13(10-12)22-14(24)16(26-2)6-8-21-9-7-16/h3-5,10,21H,6-9,11H2,1-2H3,(H,22,24). The second kappa shape index (κ2) is 8.05. The van der Waals surface area contributed by atoms with Gasteiger partial charge in [-0.3, -0.25) is 9.59 Å². The fourth-order valence-electron chi connectivity index (χ4n) is 2.91. The van der Waals surface area contributed by atoms with Crippen LogP contribution in [0, 0.1) is 0 Å². The highest BCUT2D eigenvalue weighted by Crippen LogP contribution is 2.25. The third kappa shape index (κ3) is 4.73. The third-order valence-corrected chi connectivity index (χ3v) is 4.41. The number of rotatable bonds is 5. The summed E-state index contributed by atoms with van der Waals surface area (Å²) in [5, 5.41) is 5.92. The molecule has 0 radical (unpaired) electrons. The van der Waals surface area contributed by atoms with E-state index in [1.807, 2.05) is 0 Å². The van der Waals surface area contributed by atoms with Gasteiger partial charge in [0, 0.05) is 26.4 Å². The first kappa shape index (κ1) is 20.2. The number of ether oxygens (including phenoxy) is 1. The van der Waals surface area contributed by atoms with E-state index in [1.54, 1.807) is 24.3 Å². The number of piperidine rings is 1. The number of anilines is 1. The molecule has 1 aliphatic rings. The fourth-order valence-corrected chi connectivity index (χ4v) is 2.91. The second-order valence-electron chi connectivity index (χ2n) is 6.26. The van der Waals surface area contributed by atoms with E-state index < -0.39 is 17.7 Å². The summed E-state index contributed by atoms with van der Waals surface area (Å²) < 4.78 is 42.9. The van der Waals surface area contributed by atoms with Gasteiger partial charge < -0.3 is 20.3 Å². The Hall–Kier alpha value is -2.13. The SMILES string of the molecule is COC1(C(=O)Nc2cccc(CN(C)C(=O)C(F)(F)F)c2)CCNCC1. The van der Waals surface area contributed by atoms with Crippen molar-refractivity contribution in [2.24, 2.45) is 0 Å². The molecule has 2 amide bonds. The second-order valence-corrected chi connectivity index (χ2v) is 6.26. The van der Waals surface area contributed by atoms with Crippen molar-refractivity contribution in [3.8, 4) is 0 Å². The van der Waals surface area contributed by atoms with Gasteiger partial charge in [-0.05, 0) is 43.6 Å². The van der Waals surface area contributed by atoms with E-state index in [0.29, 0.717) is 42.1 Å². The summed E-state index contributed by atoms with van der Waals surface area (Å²) in [6.45, 7) is 1.10. The number of hydrogen-bond donors (Lipinski definition) is 2. The van der Waals surface area contributed by atoms with Crippen LogP contribution in [0.1, 0.15) is 18.4 Å². The van der Waals surface area contributed by atoms with E-state index in [-0.39, 0.29) is 12.5 Å². The number of alkyl halides is 3. The Morgan fingerprint density at radius 3 is 2.54 bits per heavy atom. The molecule has 9 heteroatoms. The van der Waals surface area contributed by atoms with Gasteiger partial charge >= 0.3 is 12.1 Å². The van der Waals surface area contributed by atoms with Crippen LogP contribution in [0.25, 0.3) is 0 Å². The molecule has 6 nitrogen and oxygen atoms in total. The molecule has 2 rings (SSSR count). The molecule has 0 atom stereocenters. The molecule has 144 valence electrons. The Labute approximate surface area is 149 Å². The molecule has 1 aromatic carbocycles. The number of halogens is 3. The van der Waals surface area contributed by atoms with Crippen molar-refractivity contribution >= 4 is 17.5 Å². The molecule has 0 unspecified atom stereocenters. The van der Waals surface area contributed by atoms with E-state index >= 15 is 0 Å². The van der Waals surface area contributed by atoms with Crippen molar-refractivity contribution in [1.29, 1.82) is 0 Å². The maximum Gasteiger partial charge on any atom is 0.471 e. The molecular formula is C17H22F3N3O3. The number of nitrogens with one attached hydrogen (secondary N) is 2. The molecule has 1 fully saturated rings. The van der Waals surface area contributed by atoms with Crippen molar-refractivity contribution < 1.29 is 27.5 Å². The van der Waals surface area contributed by atoms with Crippen LogP contribution in [-0.2, 0) is 20.9 Å². The zero-order valence-corrected chi connectivity index (χ0v) is 14.7. The topological polar surface area (TPSA) is 70.7 Å². The van der Waals surface area contributed by atoms with Crippen LogP contribution in [0.15, 0.2) is 24.3 Å². The van der Waals surface area contributed by atoms with E-state index in [9.17, 15) is 22.8 Å². The van der Waals surface area contributed by atoms with Crippen molar-refractivity contribution in [1.82, 2.24) is 10.2 Å². The van der Waals surface area contributed by atoms with Gasteiger partial charge in [0.05, 0.1) is 0 Å². The van der Waals surface area contributed by atoms with Crippen molar-refractivity contribution in [3.63, 3.8) is 0 Å². The highest BCUT2D eigenvalue weighted by atomic mass is 19.4. The van der Waals surface area contributed by atoms with Gasteiger partial charge in [0.15, 0.2) is 0 Å². The molecule has 0 bridgehead atoms. The summed E-state index contributed by atoms with van der Waals surface area (Å²) in [5.74, 6) is -2.21. The van der Waals surface area contributed by atoms with Crippen LogP contribution in [0.2, 0.25) is 0 Å². The Morgan fingerprint density at radius 2 is 1.96 bits per heavy atom. The predicted molar refractivity (Wildman–Crippen MR) is 89.4 cm³/mol. The molecule has 0 aliphatic carbocycles. The lowest BCUT2D eigenvalue weighted by Crippen LogP contribution is -2.51. The highest BCUT2D eigenvalue weighted by molar-refractivity contribution is 5.97. The van der Waals surface area contributed by atoms with E-state index in [2.05, 4.69) is 10.6 Å². The minimum Gasteiger partial charge on any atom is -0.368 e. The Morgan fingerprint density at radius 1 is 1.31 bits per heavy atom. The molecule has 1 aromatic rings. The third-order valence-electron chi connectivity index (χ3n) is 4.41. The van der Waals surface area contributed by atoms with E-state index in [1.165, 1.54) is 7.11 Å². The van der Waals surface area contributed by atoms with Crippen molar-refractivity contribution in [2.75, 3.05) is 32.6 Å². The van der Waals surface area contributed by atoms with Gasteiger partial charge in [-0.15, -0.1) is 0 Å². The summed E-state index contributed by atoms with van der Waals surface area (Å²) in [5.41, 5.74) is -0.0143. The molecule has 1 heterocycles. The van der Waals surface area contributed by atoms with Crippen molar-refractivity contribution in [2.45, 2.75) is 31.2 Å². The molecule has 2 N–H and O–H groups in total. The number of carbonyl (C=O) groups is 2. The van der Waals surface area contributed by atoms with Crippen LogP contribution in [-0.4, -0.2) is 55.7 Å². The number of carbonyl (C=O) groups excluding carboxylic acids is 2. The van der Waals surface area contributed by atoms with Crippen molar-refractivity contribution in [3.05, 3.63) is 29.8 Å². The molecule has 0 aromatic heterocycles. The predicted octanol–water partition coefficient (Wildman–Crippen LogP) is 1.91. The van der Waals surface area contributed by atoms with Gasteiger partial charge in [-0.25, -0.2) is 0 Å². The summed E-state index contributed by atoms with van der Waals surface area (Å²) in [6.07, 6.45) is -3.86. The lowest BCUT2D eigenvalue weighted by molar-refractivity contribution is -0.184. The molecular weight excluding hydrogens is 351 g/mol. The number of hydrogen-bond acceptors (Lipinski definition) is 4. The quantitative estimate of drug-likeness (QED) is 0.827. The maximum atomic E-state index is 12.6. The first-order valence-corrected chi connectivity index (χ1v) is 8.16. The van der Waals surface area contributed by atoms with Gasteiger partial charge in [0.1, 0.15) is 5.60 Å². The van der Waals surface area contributed by atoms with Gasteiger partial charge in [0.2, 0.25) is 0 Å². The van der Waals surface area contributed by atoms with Gasteiger partial charge in [-0.2, -0.15) is 13.2 Å². The molecule has 26 heavy (non-hydrogen) atoms. The molecule has 1 aliphatic heterocycles. The van der Waals surface area contributed by atoms with Crippen LogP contribution in [0.4, 0.5) is 18.9 Å². The van der Waals surface area contributed by atoms with Gasteiger partial charge in [0.25, 0.3) is 5.91 Å². The molecule has 0 spiro atoms. The Bertz CT molecular complexity index is 658. The zero-order valence-electron chi connectivity index (χ0n) is 14.7. The first-order chi connectivity index (χ1) is 12.2. The van der Waals surface area contributed by atoms with Crippen LogP contribution in [0.5, 0.6) is 0 Å².